The normalized spacial score (nSPS) is 22.7. The Balaban J connectivity index is 1.68. The van der Waals surface area contributed by atoms with Crippen molar-refractivity contribution in [2.75, 3.05) is 6.54 Å². The Morgan fingerprint density at radius 2 is 1.94 bits per heavy atom. The molecule has 1 unspecified atom stereocenters. The summed E-state index contributed by atoms with van der Waals surface area (Å²) in [6.45, 7) is 9.60. The van der Waals surface area contributed by atoms with E-state index in [-0.39, 0.29) is 17.9 Å². The molecule has 2 amide bonds. The van der Waals surface area contributed by atoms with Gasteiger partial charge in [-0.3, -0.25) is 9.59 Å². The highest BCUT2D eigenvalue weighted by Crippen LogP contribution is 2.36. The Labute approximate surface area is 190 Å². The first-order valence-electron chi connectivity index (χ1n) is 12.1. The van der Waals surface area contributed by atoms with Crippen LogP contribution in [0.3, 0.4) is 0 Å². The van der Waals surface area contributed by atoms with Gasteiger partial charge >= 0.3 is 0 Å². The van der Waals surface area contributed by atoms with E-state index in [2.05, 4.69) is 36.7 Å². The summed E-state index contributed by atoms with van der Waals surface area (Å²) in [6.07, 6.45) is 8.84. The molecule has 0 spiro atoms. The monoisotopic (exact) mass is 443 g/mol. The number of aromatic nitrogens is 1. The quantitative estimate of drug-likeness (QED) is 0.611. The fraction of sp³-hybridized carbons (Fsp3) is 0.680. The van der Waals surface area contributed by atoms with E-state index in [4.69, 9.17) is 0 Å². The Hall–Kier alpha value is -1.82. The Morgan fingerprint density at radius 3 is 2.58 bits per heavy atom. The number of amides is 2. The first-order valence-corrected chi connectivity index (χ1v) is 12.9. The van der Waals surface area contributed by atoms with Crippen LogP contribution in [-0.4, -0.2) is 39.4 Å². The van der Waals surface area contributed by atoms with Crippen LogP contribution in [0, 0.1) is 5.92 Å². The van der Waals surface area contributed by atoms with Crippen LogP contribution in [0.15, 0.2) is 12.1 Å². The third-order valence-corrected chi connectivity index (χ3v) is 8.34. The maximum Gasteiger partial charge on any atom is 0.271 e. The molecule has 0 aromatic carbocycles. The van der Waals surface area contributed by atoms with Gasteiger partial charge in [0.05, 0.1) is 16.8 Å². The van der Waals surface area contributed by atoms with Gasteiger partial charge in [-0.25, -0.2) is 0 Å². The van der Waals surface area contributed by atoms with Gasteiger partial charge in [0, 0.05) is 17.5 Å². The SMILES string of the molecule is CCc1cc2c(cc3n2CC(C)(C(=O)NC2CCCCCC2)N(CCC(C)C)C3=O)s1. The first kappa shape index (κ1) is 22.4. The minimum absolute atomic E-state index is 0.00753. The lowest BCUT2D eigenvalue weighted by Crippen LogP contribution is -2.65. The van der Waals surface area contributed by atoms with Gasteiger partial charge in [0.1, 0.15) is 11.2 Å². The standard InChI is InChI=1S/C25H37N3O2S/c1-5-19-14-20-22(31-19)15-21-23(29)28(13-12-17(2)3)25(4,16-27(20)21)24(30)26-18-10-8-6-7-9-11-18/h14-15,17-18H,5-13,16H2,1-4H3,(H,26,30). The number of fused-ring (bicyclic) bond motifs is 3. The molecule has 4 rings (SSSR count). The summed E-state index contributed by atoms with van der Waals surface area (Å²) < 4.78 is 3.25. The maximum absolute atomic E-state index is 13.7. The molecule has 31 heavy (non-hydrogen) atoms. The van der Waals surface area contributed by atoms with Crippen molar-refractivity contribution in [1.29, 1.82) is 0 Å². The van der Waals surface area contributed by atoms with E-state index in [1.807, 2.05) is 17.9 Å². The summed E-state index contributed by atoms with van der Waals surface area (Å²) in [5, 5.41) is 3.35. The third kappa shape index (κ3) is 4.28. The average molecular weight is 444 g/mol. The van der Waals surface area contributed by atoms with Gasteiger partial charge in [-0.1, -0.05) is 46.5 Å². The first-order chi connectivity index (χ1) is 14.8. The minimum atomic E-state index is -0.870. The van der Waals surface area contributed by atoms with E-state index in [9.17, 15) is 9.59 Å². The average Bonchev–Trinajstić information content (AvgIpc) is 3.16. The lowest BCUT2D eigenvalue weighted by atomic mass is 9.92. The van der Waals surface area contributed by atoms with Crippen molar-refractivity contribution in [3.8, 4) is 0 Å². The fourth-order valence-electron chi connectivity index (χ4n) is 5.06. The molecule has 6 heteroatoms. The summed E-state index contributed by atoms with van der Waals surface area (Å²) >= 11 is 1.76. The van der Waals surface area contributed by atoms with E-state index in [0.717, 1.165) is 41.6 Å². The van der Waals surface area contributed by atoms with Crippen LogP contribution in [0.4, 0.5) is 0 Å². The number of thiophene rings is 1. The van der Waals surface area contributed by atoms with Crippen LogP contribution >= 0.6 is 11.3 Å². The van der Waals surface area contributed by atoms with Gasteiger partial charge in [-0.2, -0.15) is 0 Å². The Morgan fingerprint density at radius 1 is 1.23 bits per heavy atom. The lowest BCUT2D eigenvalue weighted by molar-refractivity contribution is -0.133. The zero-order valence-electron chi connectivity index (χ0n) is 19.5. The van der Waals surface area contributed by atoms with E-state index in [1.54, 1.807) is 11.3 Å². The summed E-state index contributed by atoms with van der Waals surface area (Å²) in [6, 6.07) is 4.46. The second-order valence-corrected chi connectivity index (χ2v) is 11.2. The van der Waals surface area contributed by atoms with Crippen molar-refractivity contribution < 1.29 is 9.59 Å². The molecule has 1 saturated carbocycles. The molecule has 3 heterocycles. The van der Waals surface area contributed by atoms with Gasteiger partial charge in [0.15, 0.2) is 0 Å². The van der Waals surface area contributed by atoms with Crippen LogP contribution in [0.2, 0.25) is 0 Å². The molecule has 1 atom stereocenters. The predicted molar refractivity (Wildman–Crippen MR) is 128 cm³/mol. The topological polar surface area (TPSA) is 54.3 Å². The summed E-state index contributed by atoms with van der Waals surface area (Å²) in [7, 11) is 0. The van der Waals surface area contributed by atoms with Crippen molar-refractivity contribution in [3.05, 3.63) is 22.7 Å². The lowest BCUT2D eigenvalue weighted by Gasteiger charge is -2.45. The van der Waals surface area contributed by atoms with Crippen LogP contribution in [0.1, 0.15) is 88.0 Å². The number of hydrogen-bond acceptors (Lipinski definition) is 3. The third-order valence-electron chi connectivity index (χ3n) is 7.12. The van der Waals surface area contributed by atoms with E-state index in [0.29, 0.717) is 19.0 Å². The van der Waals surface area contributed by atoms with Crippen LogP contribution in [0.25, 0.3) is 10.2 Å². The second kappa shape index (κ2) is 8.97. The van der Waals surface area contributed by atoms with E-state index >= 15 is 0 Å². The van der Waals surface area contributed by atoms with Gasteiger partial charge < -0.3 is 14.8 Å². The molecule has 2 aromatic rings. The van der Waals surface area contributed by atoms with Crippen LogP contribution < -0.4 is 5.32 Å². The summed E-state index contributed by atoms with van der Waals surface area (Å²) in [5.74, 6) is 0.480. The molecular weight excluding hydrogens is 406 g/mol. The van der Waals surface area contributed by atoms with Crippen molar-refractivity contribution in [1.82, 2.24) is 14.8 Å². The molecule has 1 N–H and O–H groups in total. The number of nitrogens with zero attached hydrogens (tertiary/aromatic N) is 2. The molecule has 0 saturated heterocycles. The fourth-order valence-corrected chi connectivity index (χ4v) is 6.11. The van der Waals surface area contributed by atoms with E-state index < -0.39 is 5.54 Å². The molecule has 1 aliphatic heterocycles. The number of rotatable bonds is 6. The largest absolute Gasteiger partial charge is 0.351 e. The van der Waals surface area contributed by atoms with E-state index in [1.165, 1.54) is 30.6 Å². The number of hydrogen-bond donors (Lipinski definition) is 1. The summed E-state index contributed by atoms with van der Waals surface area (Å²) in [5.41, 5.74) is 0.959. The van der Waals surface area contributed by atoms with Crippen molar-refractivity contribution in [2.24, 2.45) is 5.92 Å². The molecule has 0 radical (unpaired) electrons. The Kier molecular flexibility index (Phi) is 6.47. The number of carbonyl (C=O) groups is 2. The van der Waals surface area contributed by atoms with Gasteiger partial charge in [0.25, 0.3) is 5.91 Å². The molecule has 0 bridgehead atoms. The predicted octanol–water partition coefficient (Wildman–Crippen LogP) is 5.36. The van der Waals surface area contributed by atoms with Gasteiger partial charge in [-0.15, -0.1) is 11.3 Å². The molecule has 170 valence electrons. The molecule has 2 aromatic heterocycles. The van der Waals surface area contributed by atoms with Crippen molar-refractivity contribution in [3.63, 3.8) is 0 Å². The van der Waals surface area contributed by atoms with Gasteiger partial charge in [0.2, 0.25) is 5.91 Å². The maximum atomic E-state index is 13.7. The highest BCUT2D eigenvalue weighted by atomic mass is 32.1. The number of carbonyl (C=O) groups excluding carboxylic acids is 2. The number of nitrogens with one attached hydrogen (secondary N) is 1. The smallest absolute Gasteiger partial charge is 0.271 e. The highest BCUT2D eigenvalue weighted by molar-refractivity contribution is 7.19. The molecular formula is C25H37N3O2S. The van der Waals surface area contributed by atoms with Gasteiger partial charge in [-0.05, 0) is 50.7 Å². The zero-order chi connectivity index (χ0) is 22.2. The van der Waals surface area contributed by atoms with Crippen molar-refractivity contribution in [2.45, 2.75) is 97.2 Å². The zero-order valence-corrected chi connectivity index (χ0v) is 20.3. The Bertz CT molecular complexity index is 952. The molecule has 5 nitrogen and oxygen atoms in total. The van der Waals surface area contributed by atoms with Crippen LogP contribution in [0.5, 0.6) is 0 Å². The molecule has 1 aliphatic carbocycles. The highest BCUT2D eigenvalue weighted by Gasteiger charge is 2.48. The minimum Gasteiger partial charge on any atom is -0.351 e. The molecule has 1 fully saturated rings. The second-order valence-electron chi connectivity index (χ2n) is 10.0. The van der Waals surface area contributed by atoms with Crippen molar-refractivity contribution >= 4 is 33.4 Å². The number of aryl methyl sites for hydroxylation is 1. The summed E-state index contributed by atoms with van der Waals surface area (Å²) in [4.78, 5) is 30.5. The van der Waals surface area contributed by atoms with Crippen LogP contribution in [-0.2, 0) is 17.8 Å². The molecule has 2 aliphatic rings.